The van der Waals surface area contributed by atoms with E-state index in [-0.39, 0.29) is 11.9 Å². The molecule has 2 atom stereocenters. The zero-order valence-electron chi connectivity index (χ0n) is 10.3. The third-order valence-electron chi connectivity index (χ3n) is 3.88. The van der Waals surface area contributed by atoms with Crippen LogP contribution in [0.1, 0.15) is 32.1 Å². The number of hydrogen-bond donors (Lipinski definition) is 1. The molecule has 0 bridgehead atoms. The summed E-state index contributed by atoms with van der Waals surface area (Å²) >= 11 is 0. The number of carbonyl (C=O) groups excluding carboxylic acids is 1. The van der Waals surface area contributed by atoms with Gasteiger partial charge in [-0.2, -0.15) is 0 Å². The Hall–Kier alpha value is -1.10. The Morgan fingerprint density at radius 1 is 1.06 bits per heavy atom. The van der Waals surface area contributed by atoms with Crippen LogP contribution in [-0.4, -0.2) is 59.0 Å². The van der Waals surface area contributed by atoms with Crippen molar-refractivity contribution >= 4 is 11.9 Å². The Balaban J connectivity index is 2.08. The van der Waals surface area contributed by atoms with Crippen LogP contribution in [0.2, 0.25) is 0 Å². The Kier molecular flexibility index (Phi) is 3.66. The minimum absolute atomic E-state index is 0.0112. The van der Waals surface area contributed by atoms with Crippen molar-refractivity contribution in [2.45, 2.75) is 44.2 Å². The summed E-state index contributed by atoms with van der Waals surface area (Å²) in [5.74, 6) is -0.851. The lowest BCUT2D eigenvalue weighted by atomic mass is 10.0. The van der Waals surface area contributed by atoms with Gasteiger partial charge in [-0.25, -0.2) is 4.79 Å². The zero-order chi connectivity index (χ0) is 12.4. The largest absolute Gasteiger partial charge is 0.480 e. The second kappa shape index (κ2) is 5.04. The molecule has 1 N–H and O–H groups in total. The van der Waals surface area contributed by atoms with Gasteiger partial charge in [-0.15, -0.1) is 0 Å². The van der Waals surface area contributed by atoms with Crippen LogP contribution in [0.5, 0.6) is 0 Å². The molecule has 0 aromatic carbocycles. The van der Waals surface area contributed by atoms with Crippen molar-refractivity contribution in [3.05, 3.63) is 0 Å². The molecule has 0 radical (unpaired) electrons. The van der Waals surface area contributed by atoms with E-state index < -0.39 is 12.0 Å². The normalized spacial score (nSPS) is 30.5. The van der Waals surface area contributed by atoms with Crippen LogP contribution in [0.3, 0.4) is 0 Å². The molecule has 1 unspecified atom stereocenters. The van der Waals surface area contributed by atoms with Crippen molar-refractivity contribution in [3.63, 3.8) is 0 Å². The van der Waals surface area contributed by atoms with Crippen LogP contribution in [0.4, 0.5) is 0 Å². The van der Waals surface area contributed by atoms with E-state index in [0.717, 1.165) is 32.2 Å². The molecule has 0 aromatic heterocycles. The topological polar surface area (TPSA) is 60.9 Å². The summed E-state index contributed by atoms with van der Waals surface area (Å²) in [4.78, 5) is 27.1. The molecule has 2 fully saturated rings. The maximum Gasteiger partial charge on any atom is 0.326 e. The summed E-state index contributed by atoms with van der Waals surface area (Å²) in [5, 5.41) is 9.16. The second-order valence-corrected chi connectivity index (χ2v) is 5.02. The average Bonchev–Trinajstić information content (AvgIpc) is 2.74. The number of carboxylic acids is 1. The van der Waals surface area contributed by atoms with Gasteiger partial charge in [0.2, 0.25) is 5.91 Å². The van der Waals surface area contributed by atoms with Crippen LogP contribution in [0, 0.1) is 0 Å². The fourth-order valence-corrected chi connectivity index (χ4v) is 2.87. The van der Waals surface area contributed by atoms with Gasteiger partial charge in [0.15, 0.2) is 0 Å². The third-order valence-corrected chi connectivity index (χ3v) is 3.88. The SMILES string of the molecule is CN1CCC[C@H]1C(=O)N1CCCCC1C(=O)O. The molecule has 17 heavy (non-hydrogen) atoms. The predicted octanol–water partition coefficient (Wildman–Crippen LogP) is 0.546. The number of aliphatic carboxylic acids is 1. The maximum absolute atomic E-state index is 12.3. The van der Waals surface area contributed by atoms with Gasteiger partial charge >= 0.3 is 5.97 Å². The summed E-state index contributed by atoms with van der Waals surface area (Å²) in [6.07, 6.45) is 4.31. The number of nitrogens with zero attached hydrogens (tertiary/aromatic N) is 2. The fourth-order valence-electron chi connectivity index (χ4n) is 2.87. The molecule has 2 saturated heterocycles. The summed E-state index contributed by atoms with van der Waals surface area (Å²) in [7, 11) is 1.94. The number of carboxylic acid groups (broad SMARTS) is 1. The first-order valence-corrected chi connectivity index (χ1v) is 6.35. The highest BCUT2D eigenvalue weighted by atomic mass is 16.4. The number of rotatable bonds is 2. The summed E-state index contributed by atoms with van der Waals surface area (Å²) < 4.78 is 0. The average molecular weight is 240 g/mol. The molecule has 5 nitrogen and oxygen atoms in total. The van der Waals surface area contributed by atoms with Gasteiger partial charge in [-0.1, -0.05) is 0 Å². The number of hydrogen-bond acceptors (Lipinski definition) is 3. The molecule has 96 valence electrons. The molecule has 2 aliphatic rings. The van der Waals surface area contributed by atoms with Crippen LogP contribution < -0.4 is 0 Å². The van der Waals surface area contributed by atoms with Crippen molar-refractivity contribution < 1.29 is 14.7 Å². The fraction of sp³-hybridized carbons (Fsp3) is 0.833. The van der Waals surface area contributed by atoms with Gasteiger partial charge < -0.3 is 10.0 Å². The van der Waals surface area contributed by atoms with Gasteiger partial charge in [-0.3, -0.25) is 9.69 Å². The number of likely N-dealkylation sites (N-methyl/N-ethyl adjacent to an activating group) is 1. The highest BCUT2D eigenvalue weighted by Crippen LogP contribution is 2.23. The van der Waals surface area contributed by atoms with E-state index in [4.69, 9.17) is 5.11 Å². The molecular weight excluding hydrogens is 220 g/mol. The Bertz CT molecular complexity index is 319. The van der Waals surface area contributed by atoms with E-state index in [2.05, 4.69) is 0 Å². The maximum atomic E-state index is 12.3. The zero-order valence-corrected chi connectivity index (χ0v) is 10.3. The van der Waals surface area contributed by atoms with Gasteiger partial charge in [0.1, 0.15) is 6.04 Å². The Morgan fingerprint density at radius 2 is 1.76 bits per heavy atom. The minimum atomic E-state index is -0.862. The Labute approximate surface area is 101 Å². The molecule has 2 rings (SSSR count). The van der Waals surface area contributed by atoms with E-state index in [1.54, 1.807) is 4.90 Å². The highest BCUT2D eigenvalue weighted by Gasteiger charge is 2.38. The van der Waals surface area contributed by atoms with Gasteiger partial charge in [0, 0.05) is 6.54 Å². The van der Waals surface area contributed by atoms with Gasteiger partial charge in [0.25, 0.3) is 0 Å². The van der Waals surface area contributed by atoms with Gasteiger partial charge in [-0.05, 0) is 45.7 Å². The molecule has 2 aliphatic heterocycles. The molecule has 1 amide bonds. The first-order chi connectivity index (χ1) is 8.11. The number of likely N-dealkylation sites (tertiary alicyclic amines) is 2. The van der Waals surface area contributed by atoms with Crippen LogP contribution in [0.25, 0.3) is 0 Å². The highest BCUT2D eigenvalue weighted by molar-refractivity contribution is 5.87. The van der Waals surface area contributed by atoms with Crippen molar-refractivity contribution in [1.82, 2.24) is 9.80 Å². The lowest BCUT2D eigenvalue weighted by Gasteiger charge is -2.36. The van der Waals surface area contributed by atoms with Crippen LogP contribution in [-0.2, 0) is 9.59 Å². The first kappa shape index (κ1) is 12.4. The van der Waals surface area contributed by atoms with Crippen LogP contribution >= 0.6 is 0 Å². The second-order valence-electron chi connectivity index (χ2n) is 5.02. The van der Waals surface area contributed by atoms with E-state index in [1.807, 2.05) is 11.9 Å². The van der Waals surface area contributed by atoms with Crippen LogP contribution in [0.15, 0.2) is 0 Å². The molecule has 2 heterocycles. The number of piperidine rings is 1. The van der Waals surface area contributed by atoms with E-state index in [0.29, 0.717) is 13.0 Å². The smallest absolute Gasteiger partial charge is 0.326 e. The Morgan fingerprint density at radius 3 is 2.35 bits per heavy atom. The number of carbonyl (C=O) groups is 2. The van der Waals surface area contributed by atoms with E-state index in [1.165, 1.54) is 0 Å². The molecule has 5 heteroatoms. The lowest BCUT2D eigenvalue weighted by molar-refractivity contribution is -0.153. The molecule has 0 saturated carbocycles. The summed E-state index contributed by atoms with van der Waals surface area (Å²) in [6, 6.07) is -0.708. The van der Waals surface area contributed by atoms with Crippen molar-refractivity contribution in [1.29, 1.82) is 0 Å². The van der Waals surface area contributed by atoms with E-state index in [9.17, 15) is 9.59 Å². The monoisotopic (exact) mass is 240 g/mol. The standard InChI is InChI=1S/C12H20N2O3/c1-13-7-4-6-9(13)11(15)14-8-3-2-5-10(14)12(16)17/h9-10H,2-8H2,1H3,(H,16,17)/t9-,10?/m0/s1. The summed E-state index contributed by atoms with van der Waals surface area (Å²) in [6.45, 7) is 1.53. The van der Waals surface area contributed by atoms with Crippen molar-refractivity contribution in [2.75, 3.05) is 20.1 Å². The molecule has 0 spiro atoms. The quantitative estimate of drug-likeness (QED) is 0.765. The van der Waals surface area contributed by atoms with E-state index >= 15 is 0 Å². The molecule has 0 aliphatic carbocycles. The van der Waals surface area contributed by atoms with Gasteiger partial charge in [0.05, 0.1) is 6.04 Å². The lowest BCUT2D eigenvalue weighted by Crippen LogP contribution is -2.53. The first-order valence-electron chi connectivity index (χ1n) is 6.35. The molecule has 0 aromatic rings. The third kappa shape index (κ3) is 2.44. The summed E-state index contributed by atoms with van der Waals surface area (Å²) in [5.41, 5.74) is 0. The number of amides is 1. The van der Waals surface area contributed by atoms with Crippen molar-refractivity contribution in [2.24, 2.45) is 0 Å². The minimum Gasteiger partial charge on any atom is -0.480 e. The molecular formula is C12H20N2O3. The predicted molar refractivity (Wildman–Crippen MR) is 62.6 cm³/mol. The van der Waals surface area contributed by atoms with Crippen molar-refractivity contribution in [3.8, 4) is 0 Å².